The number of hydrogen-bond donors (Lipinski definition) is 0. The van der Waals surface area contributed by atoms with Gasteiger partial charge in [0, 0.05) is 12.5 Å². The Morgan fingerprint density at radius 2 is 1.88 bits per heavy atom. The third-order valence-corrected chi connectivity index (χ3v) is 3.96. The number of hydrogen-bond acceptors (Lipinski definition) is 2. The molecule has 0 N–H and O–H groups in total. The fraction of sp³-hybridized carbons (Fsp3) is 0.381. The van der Waals surface area contributed by atoms with Gasteiger partial charge in [-0.25, -0.2) is 8.78 Å². The lowest BCUT2D eigenvalue weighted by molar-refractivity contribution is 0.0167. The maximum atomic E-state index is 13.8. The fourth-order valence-corrected chi connectivity index (χ4v) is 2.77. The predicted octanol–water partition coefficient (Wildman–Crippen LogP) is 6.14. The maximum absolute atomic E-state index is 13.8. The van der Waals surface area contributed by atoms with Gasteiger partial charge in [0.2, 0.25) is 0 Å². The summed E-state index contributed by atoms with van der Waals surface area (Å²) in [5.41, 5.74) is 1.80. The van der Waals surface area contributed by atoms with Crippen molar-refractivity contribution >= 4 is 0 Å². The lowest BCUT2D eigenvalue weighted by atomic mass is 9.98. The molecular weight excluding hydrogens is 320 g/mol. The number of alkyl halides is 2. The second-order valence-electron chi connectivity index (χ2n) is 6.86. The Morgan fingerprint density at radius 1 is 1.16 bits per heavy atom. The smallest absolute Gasteiger partial charge is 0.271 e. The predicted molar refractivity (Wildman–Crippen MR) is 94.7 cm³/mol. The van der Waals surface area contributed by atoms with E-state index in [0.717, 1.165) is 24.5 Å². The van der Waals surface area contributed by atoms with Crippen LogP contribution in [0.2, 0.25) is 0 Å². The fourth-order valence-electron chi connectivity index (χ4n) is 2.77. The molecule has 0 amide bonds. The number of nitrogens with zero attached hydrogens (tertiary/aromatic N) is 1. The van der Waals surface area contributed by atoms with Crippen LogP contribution in [0.5, 0.6) is 5.75 Å². The van der Waals surface area contributed by atoms with Gasteiger partial charge >= 0.3 is 0 Å². The van der Waals surface area contributed by atoms with Crippen LogP contribution in [0.4, 0.5) is 8.78 Å². The highest BCUT2D eigenvalue weighted by Gasteiger charge is 2.29. The van der Waals surface area contributed by atoms with E-state index >= 15 is 0 Å². The van der Waals surface area contributed by atoms with E-state index in [1.54, 1.807) is 6.07 Å². The van der Waals surface area contributed by atoms with Gasteiger partial charge in [0.1, 0.15) is 11.9 Å². The average Bonchev–Trinajstić information content (AvgIpc) is 2.53. The van der Waals surface area contributed by atoms with Gasteiger partial charge < -0.3 is 4.74 Å². The first-order chi connectivity index (χ1) is 11.7. The summed E-state index contributed by atoms with van der Waals surface area (Å²) in [6.07, 6.45) is 0.535. The molecule has 0 aliphatic carbocycles. The monoisotopic (exact) mass is 343 g/mol. The second kappa shape index (κ2) is 7.65. The van der Waals surface area contributed by atoms with Crippen LogP contribution in [0, 0.1) is 24.2 Å². The van der Waals surface area contributed by atoms with Crippen molar-refractivity contribution < 1.29 is 13.5 Å². The Morgan fingerprint density at radius 3 is 2.44 bits per heavy atom. The first kappa shape index (κ1) is 18.9. The van der Waals surface area contributed by atoms with Crippen molar-refractivity contribution in [2.45, 2.75) is 46.1 Å². The van der Waals surface area contributed by atoms with Crippen LogP contribution in [-0.4, -0.2) is 0 Å². The van der Waals surface area contributed by atoms with Gasteiger partial charge in [0.15, 0.2) is 0 Å². The highest BCUT2D eigenvalue weighted by Crippen LogP contribution is 2.35. The van der Waals surface area contributed by atoms with Gasteiger partial charge in [-0.3, -0.25) is 0 Å². The molecule has 0 saturated carbocycles. The molecule has 0 radical (unpaired) electrons. The highest BCUT2D eigenvalue weighted by molar-refractivity contribution is 5.45. The Labute approximate surface area is 148 Å². The van der Waals surface area contributed by atoms with Crippen LogP contribution in [0.3, 0.4) is 0 Å². The van der Waals surface area contributed by atoms with Crippen LogP contribution < -0.4 is 4.74 Å². The molecular formula is C21H23F2NO. The molecule has 0 spiro atoms. The molecule has 132 valence electrons. The van der Waals surface area contributed by atoms with E-state index in [2.05, 4.69) is 13.8 Å². The van der Waals surface area contributed by atoms with Gasteiger partial charge in [-0.1, -0.05) is 43.7 Å². The van der Waals surface area contributed by atoms with Crippen LogP contribution in [0.25, 0.3) is 0 Å². The summed E-state index contributed by atoms with van der Waals surface area (Å²) >= 11 is 0. The molecule has 0 aromatic heterocycles. The highest BCUT2D eigenvalue weighted by atomic mass is 19.3. The molecule has 4 heteroatoms. The van der Waals surface area contributed by atoms with Gasteiger partial charge in [-0.05, 0) is 43.0 Å². The summed E-state index contributed by atoms with van der Waals surface area (Å²) in [6, 6.07) is 14.1. The largest absolute Gasteiger partial charge is 0.486 e. The van der Waals surface area contributed by atoms with E-state index in [0.29, 0.717) is 11.7 Å². The van der Waals surface area contributed by atoms with Crippen molar-refractivity contribution in [1.82, 2.24) is 0 Å². The van der Waals surface area contributed by atoms with E-state index < -0.39 is 5.92 Å². The lowest BCUT2D eigenvalue weighted by Gasteiger charge is -2.23. The lowest BCUT2D eigenvalue weighted by Crippen LogP contribution is -2.13. The Balaban J connectivity index is 2.38. The zero-order valence-electron chi connectivity index (χ0n) is 15.0. The Kier molecular flexibility index (Phi) is 5.79. The van der Waals surface area contributed by atoms with E-state index in [-0.39, 0.29) is 17.2 Å². The van der Waals surface area contributed by atoms with Crippen LogP contribution in [0.1, 0.15) is 55.5 Å². The summed E-state index contributed by atoms with van der Waals surface area (Å²) in [6.45, 7) is 6.99. The molecule has 2 aromatic carbocycles. The third kappa shape index (κ3) is 5.03. The molecule has 2 nitrogen and oxygen atoms in total. The number of benzene rings is 2. The van der Waals surface area contributed by atoms with Crippen molar-refractivity contribution in [3.63, 3.8) is 0 Å². The minimum absolute atomic E-state index is 0.0317. The number of halogens is 2. The second-order valence-corrected chi connectivity index (χ2v) is 6.86. The molecule has 1 atom stereocenters. The molecule has 25 heavy (non-hydrogen) atoms. The van der Waals surface area contributed by atoms with Gasteiger partial charge in [0.25, 0.3) is 5.92 Å². The first-order valence-electron chi connectivity index (χ1n) is 8.36. The summed E-state index contributed by atoms with van der Waals surface area (Å²) in [5.74, 6) is -2.36. The summed E-state index contributed by atoms with van der Waals surface area (Å²) in [7, 11) is 0. The van der Waals surface area contributed by atoms with E-state index in [9.17, 15) is 8.78 Å². The van der Waals surface area contributed by atoms with Crippen LogP contribution in [-0.2, 0) is 5.92 Å². The van der Waals surface area contributed by atoms with E-state index in [1.807, 2.05) is 37.3 Å². The molecule has 0 fully saturated rings. The zero-order valence-corrected chi connectivity index (χ0v) is 15.0. The number of aryl methyl sites for hydroxylation is 1. The average molecular weight is 343 g/mol. The molecule has 0 bridgehead atoms. The normalized spacial score (nSPS) is 12.7. The third-order valence-electron chi connectivity index (χ3n) is 3.96. The minimum atomic E-state index is -3.10. The van der Waals surface area contributed by atoms with Crippen molar-refractivity contribution in [3.05, 3.63) is 64.7 Å². The standard InChI is InChI=1S/C21H23F2NO/c1-14(2)10-20(16-7-5-6-15(3)11-16)25-18-9-8-17(13-24)19(12-18)21(4,22)23/h5-9,11-12,14,20H,10H2,1-4H3. The molecule has 2 aromatic rings. The molecule has 0 aliphatic heterocycles. The van der Waals surface area contributed by atoms with Crippen molar-refractivity contribution in [1.29, 1.82) is 5.26 Å². The minimum Gasteiger partial charge on any atom is -0.486 e. The number of nitriles is 1. The molecule has 1 unspecified atom stereocenters. The van der Waals surface area contributed by atoms with Crippen LogP contribution >= 0.6 is 0 Å². The maximum Gasteiger partial charge on any atom is 0.271 e. The summed E-state index contributed by atoms with van der Waals surface area (Å²) < 4.78 is 33.7. The zero-order chi connectivity index (χ0) is 18.6. The Hall–Kier alpha value is -2.41. The quantitative estimate of drug-likeness (QED) is 0.630. The SMILES string of the molecule is Cc1cccc(C(CC(C)C)Oc2ccc(C#N)c(C(C)(F)F)c2)c1. The van der Waals surface area contributed by atoms with Gasteiger partial charge in [0.05, 0.1) is 11.6 Å². The Bertz CT molecular complexity index is 772. The van der Waals surface area contributed by atoms with Gasteiger partial charge in [-0.2, -0.15) is 5.26 Å². The number of ether oxygens (including phenoxy) is 1. The van der Waals surface area contributed by atoms with E-state index in [4.69, 9.17) is 10.00 Å². The molecule has 2 rings (SSSR count). The van der Waals surface area contributed by atoms with Gasteiger partial charge in [-0.15, -0.1) is 0 Å². The topological polar surface area (TPSA) is 33.0 Å². The first-order valence-corrected chi connectivity index (χ1v) is 8.36. The van der Waals surface area contributed by atoms with Crippen molar-refractivity contribution in [2.75, 3.05) is 0 Å². The molecule has 0 saturated heterocycles. The van der Waals surface area contributed by atoms with E-state index in [1.165, 1.54) is 12.1 Å². The number of rotatable bonds is 6. The molecule has 0 aliphatic rings. The van der Waals surface area contributed by atoms with Crippen LogP contribution in [0.15, 0.2) is 42.5 Å². The summed E-state index contributed by atoms with van der Waals surface area (Å²) in [5, 5.41) is 9.06. The van der Waals surface area contributed by atoms with Crippen molar-refractivity contribution in [3.8, 4) is 11.8 Å². The molecule has 0 heterocycles. The van der Waals surface area contributed by atoms with Crippen molar-refractivity contribution in [2.24, 2.45) is 5.92 Å². The summed E-state index contributed by atoms with van der Waals surface area (Å²) in [4.78, 5) is 0.